The second kappa shape index (κ2) is 3.84. The van der Waals surface area contributed by atoms with E-state index in [4.69, 9.17) is 0 Å². The predicted molar refractivity (Wildman–Crippen MR) is 50.0 cm³/mol. The maximum Gasteiger partial charge on any atom is 0.349 e. The van der Waals surface area contributed by atoms with Crippen molar-refractivity contribution in [3.63, 3.8) is 0 Å². The number of ether oxygens (including phenoxy) is 1. The van der Waals surface area contributed by atoms with Gasteiger partial charge in [-0.3, -0.25) is 10.1 Å². The Balaban J connectivity index is 3.10. The van der Waals surface area contributed by atoms with Crippen LogP contribution in [0.3, 0.4) is 0 Å². The lowest BCUT2D eigenvalue weighted by molar-refractivity contribution is -0.380. The maximum atomic E-state index is 11.0. The molecule has 1 aromatic heterocycles. The van der Waals surface area contributed by atoms with Crippen molar-refractivity contribution in [2.24, 2.45) is 0 Å². The second-order valence-electron chi connectivity index (χ2n) is 2.01. The Hall–Kier alpha value is -0.950. The molecule has 0 atom stereocenters. The smallest absolute Gasteiger partial charge is 0.349 e. The molecule has 0 aliphatic carbocycles. The number of methoxy groups -OCH3 is 1. The topological polar surface area (TPSA) is 69.4 Å². The van der Waals surface area contributed by atoms with Crippen molar-refractivity contribution in [2.45, 2.75) is 0 Å². The Morgan fingerprint density at radius 2 is 2.38 bits per heavy atom. The highest BCUT2D eigenvalue weighted by atomic mass is 79.9. The molecule has 0 spiro atoms. The molecule has 0 aliphatic heterocycles. The van der Waals surface area contributed by atoms with E-state index in [1.165, 1.54) is 13.2 Å². The molecule has 1 rings (SSSR count). The lowest BCUT2D eigenvalue weighted by Crippen LogP contribution is -1.97. The van der Waals surface area contributed by atoms with Gasteiger partial charge in [-0.2, -0.15) is 0 Å². The monoisotopic (exact) mass is 265 g/mol. The summed E-state index contributed by atoms with van der Waals surface area (Å²) in [7, 11) is 1.22. The quantitative estimate of drug-likeness (QED) is 0.467. The van der Waals surface area contributed by atoms with E-state index in [-0.39, 0.29) is 9.88 Å². The average molecular weight is 266 g/mol. The number of hydrogen-bond acceptors (Lipinski definition) is 5. The summed E-state index contributed by atoms with van der Waals surface area (Å²) in [4.78, 5) is 21.0. The normalized spacial score (nSPS) is 9.69. The third-order valence-corrected chi connectivity index (χ3v) is 3.18. The zero-order valence-corrected chi connectivity index (χ0v) is 8.85. The number of thiophene rings is 1. The van der Waals surface area contributed by atoms with Crippen LogP contribution in [0.1, 0.15) is 9.67 Å². The van der Waals surface area contributed by atoms with Gasteiger partial charge in [-0.1, -0.05) is 11.3 Å². The lowest BCUT2D eigenvalue weighted by Gasteiger charge is -1.92. The van der Waals surface area contributed by atoms with Crippen LogP contribution in [0.2, 0.25) is 0 Å². The van der Waals surface area contributed by atoms with Crippen molar-refractivity contribution in [3.8, 4) is 0 Å². The Bertz CT molecular complexity index is 362. The highest BCUT2D eigenvalue weighted by Gasteiger charge is 2.20. The molecule has 0 fully saturated rings. The van der Waals surface area contributed by atoms with Crippen molar-refractivity contribution in [1.82, 2.24) is 0 Å². The predicted octanol–water partition coefficient (Wildman–Crippen LogP) is 2.21. The Morgan fingerprint density at radius 1 is 1.77 bits per heavy atom. The fourth-order valence-corrected chi connectivity index (χ4v) is 2.24. The molecule has 5 nitrogen and oxygen atoms in total. The van der Waals surface area contributed by atoms with Gasteiger partial charge in [-0.05, 0) is 15.9 Å². The number of hydrogen-bond donors (Lipinski definition) is 0. The van der Waals surface area contributed by atoms with Gasteiger partial charge < -0.3 is 4.74 Å². The SMILES string of the molecule is COC(=O)c1sc([N+](=O)[O-])cc1Br. The van der Waals surface area contributed by atoms with E-state index < -0.39 is 10.9 Å². The third-order valence-electron chi connectivity index (χ3n) is 1.22. The highest BCUT2D eigenvalue weighted by Crippen LogP contribution is 2.32. The fraction of sp³-hybridized carbons (Fsp3) is 0.167. The van der Waals surface area contributed by atoms with E-state index in [0.29, 0.717) is 4.47 Å². The van der Waals surface area contributed by atoms with Crippen LogP contribution in [0.5, 0.6) is 0 Å². The minimum atomic E-state index is -0.579. The first-order valence-corrected chi connectivity index (χ1v) is 4.69. The van der Waals surface area contributed by atoms with Gasteiger partial charge in [-0.25, -0.2) is 4.79 Å². The second-order valence-corrected chi connectivity index (χ2v) is 3.90. The molecule has 13 heavy (non-hydrogen) atoms. The number of carbonyl (C=O) groups is 1. The highest BCUT2D eigenvalue weighted by molar-refractivity contribution is 9.10. The summed E-state index contributed by atoms with van der Waals surface area (Å²) in [5, 5.41) is 10.2. The van der Waals surface area contributed by atoms with Crippen LogP contribution in [0, 0.1) is 10.1 Å². The van der Waals surface area contributed by atoms with Gasteiger partial charge in [0.05, 0.1) is 16.5 Å². The Labute approximate surface area is 85.6 Å². The molecule has 0 saturated heterocycles. The molecule has 1 aromatic rings. The summed E-state index contributed by atoms with van der Waals surface area (Å²) in [6, 6.07) is 1.27. The zero-order chi connectivity index (χ0) is 10.0. The number of nitrogens with zero attached hydrogens (tertiary/aromatic N) is 1. The van der Waals surface area contributed by atoms with E-state index in [1.807, 2.05) is 0 Å². The molecule has 0 aromatic carbocycles. The van der Waals surface area contributed by atoms with Crippen LogP contribution in [0.15, 0.2) is 10.5 Å². The summed E-state index contributed by atoms with van der Waals surface area (Å²) < 4.78 is 4.81. The average Bonchev–Trinajstić information content (AvgIpc) is 2.46. The minimum absolute atomic E-state index is 0.0905. The van der Waals surface area contributed by atoms with E-state index >= 15 is 0 Å². The van der Waals surface area contributed by atoms with E-state index in [0.717, 1.165) is 11.3 Å². The summed E-state index contributed by atoms with van der Waals surface area (Å²) in [5.41, 5.74) is 0. The number of nitro groups is 1. The number of halogens is 1. The van der Waals surface area contributed by atoms with E-state index in [9.17, 15) is 14.9 Å². The minimum Gasteiger partial charge on any atom is -0.465 e. The standard InChI is InChI=1S/C6H4BrNO4S/c1-12-6(9)5-3(7)2-4(13-5)8(10)11/h2H,1H3. The summed E-state index contributed by atoms with van der Waals surface area (Å²) in [6.07, 6.45) is 0. The number of carbonyl (C=O) groups excluding carboxylic acids is 1. The molecule has 0 bridgehead atoms. The molecule has 7 heteroatoms. The van der Waals surface area contributed by atoms with Crippen LogP contribution in [0.4, 0.5) is 5.00 Å². The van der Waals surface area contributed by atoms with Gasteiger partial charge in [-0.15, -0.1) is 0 Å². The Kier molecular flexibility index (Phi) is 2.99. The van der Waals surface area contributed by atoms with Crippen molar-refractivity contribution in [3.05, 3.63) is 25.5 Å². The van der Waals surface area contributed by atoms with Gasteiger partial charge in [0.2, 0.25) is 0 Å². The van der Waals surface area contributed by atoms with Crippen LogP contribution < -0.4 is 0 Å². The van der Waals surface area contributed by atoms with E-state index in [2.05, 4.69) is 20.7 Å². The lowest BCUT2D eigenvalue weighted by atomic mass is 10.5. The van der Waals surface area contributed by atoms with Crippen LogP contribution in [-0.4, -0.2) is 18.0 Å². The van der Waals surface area contributed by atoms with Crippen LogP contribution >= 0.6 is 27.3 Å². The largest absolute Gasteiger partial charge is 0.465 e. The van der Waals surface area contributed by atoms with Crippen LogP contribution in [-0.2, 0) is 4.74 Å². The molecular weight excluding hydrogens is 262 g/mol. The molecule has 0 N–H and O–H groups in total. The van der Waals surface area contributed by atoms with Gasteiger partial charge in [0, 0.05) is 6.07 Å². The molecular formula is C6H4BrNO4S. The summed E-state index contributed by atoms with van der Waals surface area (Å²) >= 11 is 3.81. The molecule has 1 heterocycles. The molecule has 0 amide bonds. The van der Waals surface area contributed by atoms with Crippen molar-refractivity contribution < 1.29 is 14.5 Å². The number of rotatable bonds is 2. The first kappa shape index (κ1) is 10.1. The molecule has 0 aliphatic rings. The third kappa shape index (κ3) is 2.04. The van der Waals surface area contributed by atoms with Crippen LogP contribution in [0.25, 0.3) is 0 Å². The summed E-state index contributed by atoms with van der Waals surface area (Å²) in [6.45, 7) is 0. The van der Waals surface area contributed by atoms with Crippen molar-refractivity contribution >= 4 is 38.2 Å². The fourth-order valence-electron chi connectivity index (χ4n) is 0.679. The molecule has 70 valence electrons. The van der Waals surface area contributed by atoms with E-state index in [1.54, 1.807) is 0 Å². The van der Waals surface area contributed by atoms with Gasteiger partial charge in [0.1, 0.15) is 4.88 Å². The Morgan fingerprint density at radius 3 is 2.77 bits per heavy atom. The first-order valence-electron chi connectivity index (χ1n) is 3.08. The molecule has 0 saturated carbocycles. The molecule has 0 unspecified atom stereocenters. The van der Waals surface area contributed by atoms with Crippen molar-refractivity contribution in [1.29, 1.82) is 0 Å². The maximum absolute atomic E-state index is 11.0. The first-order chi connectivity index (χ1) is 6.06. The van der Waals surface area contributed by atoms with Gasteiger partial charge in [0.15, 0.2) is 0 Å². The molecule has 0 radical (unpaired) electrons. The van der Waals surface area contributed by atoms with Gasteiger partial charge >= 0.3 is 11.0 Å². The zero-order valence-electron chi connectivity index (χ0n) is 6.44. The summed E-state index contributed by atoms with van der Waals surface area (Å²) in [5.74, 6) is -0.579. The van der Waals surface area contributed by atoms with Crippen molar-refractivity contribution in [2.75, 3.05) is 7.11 Å². The van der Waals surface area contributed by atoms with Gasteiger partial charge in [0.25, 0.3) is 0 Å². The number of esters is 1.